The molecule has 0 aliphatic carbocycles. The number of unbranched alkanes of at least 4 members (excludes halogenated alkanes) is 2. The molecule has 5 heteroatoms. The molecule has 0 aliphatic heterocycles. The van der Waals surface area contributed by atoms with Crippen LogP contribution in [0.4, 0.5) is 0 Å². The number of aromatic nitrogens is 2. The standard InChI is InChI=1S/C22H22N2O3/c1-2-3-6-14-24-15-13-23-21(24)12-11-18(25)10-9-17-16-27-20-8-5-4-7-19(20)22(17)26/h4-5,7-13,15-16H,2-3,6,14H2,1H3/b10-9+,12-11+. The van der Waals surface area contributed by atoms with Gasteiger partial charge in [-0.1, -0.05) is 31.9 Å². The van der Waals surface area contributed by atoms with Gasteiger partial charge in [-0.15, -0.1) is 0 Å². The number of nitrogens with zero attached hydrogens (tertiary/aromatic N) is 2. The van der Waals surface area contributed by atoms with Crippen LogP contribution < -0.4 is 5.43 Å². The number of para-hydroxylation sites is 1. The molecule has 27 heavy (non-hydrogen) atoms. The first kappa shape index (κ1) is 18.6. The Hall–Kier alpha value is -3.21. The molecule has 3 aromatic rings. The Labute approximate surface area is 157 Å². The molecule has 0 bridgehead atoms. The number of ketones is 1. The fourth-order valence-corrected chi connectivity index (χ4v) is 2.79. The lowest BCUT2D eigenvalue weighted by Crippen LogP contribution is -2.04. The van der Waals surface area contributed by atoms with Gasteiger partial charge < -0.3 is 8.98 Å². The predicted molar refractivity (Wildman–Crippen MR) is 107 cm³/mol. The van der Waals surface area contributed by atoms with Gasteiger partial charge in [0.25, 0.3) is 0 Å². The molecule has 2 aromatic heterocycles. The molecule has 0 aliphatic rings. The number of carbonyl (C=O) groups excluding carboxylic acids is 1. The summed E-state index contributed by atoms with van der Waals surface area (Å²) in [5.41, 5.74) is 0.716. The lowest BCUT2D eigenvalue weighted by molar-refractivity contribution is -0.110. The van der Waals surface area contributed by atoms with Crippen LogP contribution in [0.25, 0.3) is 23.1 Å². The minimum Gasteiger partial charge on any atom is -0.463 e. The van der Waals surface area contributed by atoms with Crippen LogP contribution in [0, 0.1) is 0 Å². The zero-order valence-corrected chi connectivity index (χ0v) is 15.3. The largest absolute Gasteiger partial charge is 0.463 e. The van der Waals surface area contributed by atoms with E-state index in [9.17, 15) is 9.59 Å². The number of hydrogen-bond acceptors (Lipinski definition) is 4. The number of benzene rings is 1. The Balaban J connectivity index is 1.69. The molecule has 0 amide bonds. The second-order valence-corrected chi connectivity index (χ2v) is 6.27. The van der Waals surface area contributed by atoms with Crippen molar-refractivity contribution in [1.82, 2.24) is 9.55 Å². The molecule has 3 rings (SSSR count). The number of carbonyl (C=O) groups is 1. The van der Waals surface area contributed by atoms with Gasteiger partial charge in [0.2, 0.25) is 0 Å². The summed E-state index contributed by atoms with van der Waals surface area (Å²) >= 11 is 0. The summed E-state index contributed by atoms with van der Waals surface area (Å²) in [6, 6.07) is 7.03. The van der Waals surface area contributed by atoms with E-state index in [1.54, 1.807) is 36.5 Å². The third-order valence-electron chi connectivity index (χ3n) is 4.28. The highest BCUT2D eigenvalue weighted by molar-refractivity contribution is 6.04. The smallest absolute Gasteiger partial charge is 0.199 e. The monoisotopic (exact) mass is 362 g/mol. The minimum absolute atomic E-state index is 0.156. The maximum Gasteiger partial charge on any atom is 0.199 e. The Morgan fingerprint density at radius 1 is 1.19 bits per heavy atom. The van der Waals surface area contributed by atoms with Crippen molar-refractivity contribution in [2.45, 2.75) is 32.7 Å². The molecule has 0 fully saturated rings. The van der Waals surface area contributed by atoms with Crippen molar-refractivity contribution in [2.75, 3.05) is 0 Å². The summed E-state index contributed by atoms with van der Waals surface area (Å²) in [5.74, 6) is 0.531. The van der Waals surface area contributed by atoms with Crippen LogP contribution in [0.1, 0.15) is 37.6 Å². The first-order chi connectivity index (χ1) is 13.2. The number of imidazole rings is 1. The first-order valence-electron chi connectivity index (χ1n) is 9.11. The molecule has 0 radical (unpaired) electrons. The van der Waals surface area contributed by atoms with Crippen LogP contribution in [0.15, 0.2) is 64.3 Å². The molecule has 0 spiro atoms. The second-order valence-electron chi connectivity index (χ2n) is 6.27. The quantitative estimate of drug-likeness (QED) is 0.438. The molecule has 0 unspecified atom stereocenters. The molecule has 1 aromatic carbocycles. The summed E-state index contributed by atoms with van der Waals surface area (Å²) in [6.07, 6.45) is 14.4. The van der Waals surface area contributed by atoms with Gasteiger partial charge in [0, 0.05) is 18.9 Å². The first-order valence-corrected chi connectivity index (χ1v) is 9.11. The highest BCUT2D eigenvalue weighted by Gasteiger charge is 2.04. The van der Waals surface area contributed by atoms with Crippen LogP contribution in [0.3, 0.4) is 0 Å². The lowest BCUT2D eigenvalue weighted by atomic mass is 10.1. The van der Waals surface area contributed by atoms with E-state index in [4.69, 9.17) is 4.42 Å². The van der Waals surface area contributed by atoms with Crippen molar-refractivity contribution in [3.8, 4) is 0 Å². The van der Waals surface area contributed by atoms with E-state index in [-0.39, 0.29) is 11.2 Å². The van der Waals surface area contributed by atoms with Gasteiger partial charge >= 0.3 is 0 Å². The average Bonchev–Trinajstić information content (AvgIpc) is 3.13. The molecule has 0 atom stereocenters. The van der Waals surface area contributed by atoms with Crippen LogP contribution in [0.5, 0.6) is 0 Å². The Bertz CT molecular complexity index is 1040. The summed E-state index contributed by atoms with van der Waals surface area (Å²) in [6.45, 7) is 3.05. The molecule has 5 nitrogen and oxygen atoms in total. The van der Waals surface area contributed by atoms with E-state index in [1.807, 2.05) is 10.8 Å². The highest BCUT2D eigenvalue weighted by Crippen LogP contribution is 2.11. The zero-order chi connectivity index (χ0) is 19.1. The normalized spacial score (nSPS) is 11.7. The lowest BCUT2D eigenvalue weighted by Gasteiger charge is -2.03. The predicted octanol–water partition coefficient (Wildman–Crippen LogP) is 4.48. The van der Waals surface area contributed by atoms with Crippen LogP contribution in [-0.2, 0) is 11.3 Å². The van der Waals surface area contributed by atoms with Gasteiger partial charge in [-0.3, -0.25) is 9.59 Å². The Kier molecular flexibility index (Phi) is 6.15. The number of rotatable bonds is 8. The van der Waals surface area contributed by atoms with Crippen molar-refractivity contribution in [3.05, 3.63) is 76.7 Å². The van der Waals surface area contributed by atoms with Crippen LogP contribution in [-0.4, -0.2) is 15.3 Å². The van der Waals surface area contributed by atoms with Crippen molar-refractivity contribution < 1.29 is 9.21 Å². The Morgan fingerprint density at radius 3 is 2.85 bits per heavy atom. The van der Waals surface area contributed by atoms with Crippen molar-refractivity contribution in [1.29, 1.82) is 0 Å². The molecular weight excluding hydrogens is 340 g/mol. The number of aryl methyl sites for hydroxylation is 1. The minimum atomic E-state index is -0.217. The van der Waals surface area contributed by atoms with Gasteiger partial charge in [-0.25, -0.2) is 4.98 Å². The van der Waals surface area contributed by atoms with Crippen molar-refractivity contribution in [2.24, 2.45) is 0 Å². The van der Waals surface area contributed by atoms with Crippen LogP contribution >= 0.6 is 0 Å². The summed E-state index contributed by atoms with van der Waals surface area (Å²) in [7, 11) is 0. The van der Waals surface area contributed by atoms with E-state index in [0.717, 1.165) is 31.6 Å². The van der Waals surface area contributed by atoms with Gasteiger partial charge in [0.1, 0.15) is 17.7 Å². The maximum atomic E-state index is 12.4. The molecular formula is C22H22N2O3. The SMILES string of the molecule is CCCCCn1ccnc1/C=C/C(=O)/C=C/c1coc2ccccc2c1=O. The third kappa shape index (κ3) is 4.70. The van der Waals surface area contributed by atoms with Crippen molar-refractivity contribution >= 4 is 28.9 Å². The van der Waals surface area contributed by atoms with E-state index in [1.165, 1.54) is 24.5 Å². The number of fused-ring (bicyclic) bond motifs is 1. The number of allylic oxidation sites excluding steroid dienone is 2. The van der Waals surface area contributed by atoms with E-state index in [2.05, 4.69) is 11.9 Å². The van der Waals surface area contributed by atoms with Gasteiger partial charge in [0.15, 0.2) is 11.2 Å². The van der Waals surface area contributed by atoms with Crippen molar-refractivity contribution in [3.63, 3.8) is 0 Å². The summed E-state index contributed by atoms with van der Waals surface area (Å²) in [4.78, 5) is 28.8. The fraction of sp³-hybridized carbons (Fsp3) is 0.227. The maximum absolute atomic E-state index is 12.4. The summed E-state index contributed by atoms with van der Waals surface area (Å²) < 4.78 is 7.47. The number of hydrogen-bond donors (Lipinski definition) is 0. The van der Waals surface area contributed by atoms with E-state index < -0.39 is 0 Å². The van der Waals surface area contributed by atoms with Gasteiger partial charge in [-0.05, 0) is 42.9 Å². The third-order valence-corrected chi connectivity index (χ3v) is 4.28. The fourth-order valence-electron chi connectivity index (χ4n) is 2.79. The highest BCUT2D eigenvalue weighted by atomic mass is 16.3. The van der Waals surface area contributed by atoms with Gasteiger partial charge in [0.05, 0.1) is 10.9 Å². The molecule has 2 heterocycles. The molecule has 0 N–H and O–H groups in total. The van der Waals surface area contributed by atoms with E-state index in [0.29, 0.717) is 16.5 Å². The van der Waals surface area contributed by atoms with E-state index >= 15 is 0 Å². The second kappa shape index (κ2) is 8.94. The zero-order valence-electron chi connectivity index (χ0n) is 15.3. The molecule has 138 valence electrons. The topological polar surface area (TPSA) is 65.1 Å². The Morgan fingerprint density at radius 2 is 2.00 bits per heavy atom. The summed E-state index contributed by atoms with van der Waals surface area (Å²) in [5, 5.41) is 0.497. The van der Waals surface area contributed by atoms with Gasteiger partial charge in [-0.2, -0.15) is 0 Å². The average molecular weight is 362 g/mol. The molecule has 0 saturated carbocycles. The van der Waals surface area contributed by atoms with Crippen LogP contribution in [0.2, 0.25) is 0 Å². The molecule has 0 saturated heterocycles.